The van der Waals surface area contributed by atoms with Gasteiger partial charge in [-0.2, -0.15) is 0 Å². The third-order valence-electron chi connectivity index (χ3n) is 2.69. The zero-order valence-corrected chi connectivity index (χ0v) is 10.0. The summed E-state index contributed by atoms with van der Waals surface area (Å²) in [5, 5.41) is 0. The van der Waals surface area contributed by atoms with Gasteiger partial charge in [-0.15, -0.1) is 0 Å². The minimum absolute atomic E-state index is 0.281. The van der Waals surface area contributed by atoms with Crippen LogP contribution in [0.1, 0.15) is 25.8 Å². The molecular formula is C13H22N2. The van der Waals surface area contributed by atoms with E-state index in [1.807, 2.05) is 0 Å². The molecule has 0 aromatic heterocycles. The molecule has 2 N–H and O–H groups in total. The summed E-state index contributed by atoms with van der Waals surface area (Å²) in [5.41, 5.74) is 8.46. The fourth-order valence-corrected chi connectivity index (χ4v) is 1.73. The molecule has 0 aliphatic rings. The van der Waals surface area contributed by atoms with Crippen molar-refractivity contribution in [2.24, 2.45) is 5.73 Å². The Bertz CT molecular complexity index is 294. The SMILES string of the molecule is CCN(CCC(C)N)c1ccccc1C. The summed E-state index contributed by atoms with van der Waals surface area (Å²) in [5.74, 6) is 0. The number of rotatable bonds is 5. The highest BCUT2D eigenvalue weighted by molar-refractivity contribution is 5.52. The van der Waals surface area contributed by atoms with Gasteiger partial charge >= 0.3 is 0 Å². The Labute approximate surface area is 93.1 Å². The van der Waals surface area contributed by atoms with Crippen molar-refractivity contribution in [3.8, 4) is 0 Å². The summed E-state index contributed by atoms with van der Waals surface area (Å²) in [6.45, 7) is 8.49. The Balaban J connectivity index is 2.70. The first-order valence-corrected chi connectivity index (χ1v) is 5.71. The van der Waals surface area contributed by atoms with E-state index in [1.165, 1.54) is 11.3 Å². The van der Waals surface area contributed by atoms with E-state index in [-0.39, 0.29) is 6.04 Å². The van der Waals surface area contributed by atoms with Crippen LogP contribution in [0.15, 0.2) is 24.3 Å². The van der Waals surface area contributed by atoms with Crippen LogP contribution in [-0.2, 0) is 0 Å². The van der Waals surface area contributed by atoms with Crippen LogP contribution in [-0.4, -0.2) is 19.1 Å². The molecule has 1 aromatic carbocycles. The van der Waals surface area contributed by atoms with Crippen molar-refractivity contribution >= 4 is 5.69 Å². The average molecular weight is 206 g/mol. The number of para-hydroxylation sites is 1. The van der Waals surface area contributed by atoms with Crippen LogP contribution >= 0.6 is 0 Å². The third kappa shape index (κ3) is 3.56. The molecule has 84 valence electrons. The normalized spacial score (nSPS) is 12.5. The smallest absolute Gasteiger partial charge is 0.0395 e. The molecule has 0 fully saturated rings. The van der Waals surface area contributed by atoms with E-state index >= 15 is 0 Å². The number of hydrogen-bond acceptors (Lipinski definition) is 2. The molecule has 0 amide bonds. The van der Waals surface area contributed by atoms with E-state index in [2.05, 4.69) is 49.9 Å². The minimum Gasteiger partial charge on any atom is -0.372 e. The van der Waals surface area contributed by atoms with Gasteiger partial charge in [0, 0.05) is 24.8 Å². The summed E-state index contributed by atoms with van der Waals surface area (Å²) < 4.78 is 0. The summed E-state index contributed by atoms with van der Waals surface area (Å²) in [6, 6.07) is 8.79. The van der Waals surface area contributed by atoms with Crippen LogP contribution in [0.25, 0.3) is 0 Å². The largest absolute Gasteiger partial charge is 0.372 e. The molecule has 1 rings (SSSR count). The van der Waals surface area contributed by atoms with Crippen molar-refractivity contribution in [3.63, 3.8) is 0 Å². The molecule has 1 atom stereocenters. The lowest BCUT2D eigenvalue weighted by molar-refractivity contribution is 0.644. The Hall–Kier alpha value is -1.02. The van der Waals surface area contributed by atoms with Crippen molar-refractivity contribution in [3.05, 3.63) is 29.8 Å². The molecule has 2 nitrogen and oxygen atoms in total. The monoisotopic (exact) mass is 206 g/mol. The van der Waals surface area contributed by atoms with Gasteiger partial charge in [0.25, 0.3) is 0 Å². The van der Waals surface area contributed by atoms with Gasteiger partial charge in [0.1, 0.15) is 0 Å². The van der Waals surface area contributed by atoms with Crippen LogP contribution < -0.4 is 10.6 Å². The molecule has 0 saturated carbocycles. The Morgan fingerprint density at radius 3 is 2.53 bits per heavy atom. The highest BCUT2D eigenvalue weighted by atomic mass is 15.1. The summed E-state index contributed by atoms with van der Waals surface area (Å²) >= 11 is 0. The number of hydrogen-bond donors (Lipinski definition) is 1. The topological polar surface area (TPSA) is 29.3 Å². The fourth-order valence-electron chi connectivity index (χ4n) is 1.73. The first kappa shape index (κ1) is 12.1. The van der Waals surface area contributed by atoms with Crippen molar-refractivity contribution in [2.45, 2.75) is 33.2 Å². The third-order valence-corrected chi connectivity index (χ3v) is 2.69. The van der Waals surface area contributed by atoms with Crippen LogP contribution in [0.2, 0.25) is 0 Å². The van der Waals surface area contributed by atoms with E-state index in [1.54, 1.807) is 0 Å². The van der Waals surface area contributed by atoms with Crippen LogP contribution in [0.5, 0.6) is 0 Å². The highest BCUT2D eigenvalue weighted by Gasteiger charge is 2.06. The van der Waals surface area contributed by atoms with Crippen LogP contribution in [0.4, 0.5) is 5.69 Å². The lowest BCUT2D eigenvalue weighted by atomic mass is 10.1. The Morgan fingerprint density at radius 1 is 1.33 bits per heavy atom. The molecule has 15 heavy (non-hydrogen) atoms. The number of aryl methyl sites for hydroxylation is 1. The van der Waals surface area contributed by atoms with Crippen LogP contribution in [0.3, 0.4) is 0 Å². The zero-order valence-electron chi connectivity index (χ0n) is 10.0. The van der Waals surface area contributed by atoms with Crippen molar-refractivity contribution in [1.82, 2.24) is 0 Å². The summed E-state index contributed by atoms with van der Waals surface area (Å²) in [7, 11) is 0. The first-order chi connectivity index (χ1) is 7.15. The van der Waals surface area contributed by atoms with E-state index < -0.39 is 0 Å². The molecule has 0 heterocycles. The number of benzene rings is 1. The lowest BCUT2D eigenvalue weighted by Crippen LogP contribution is -2.29. The maximum Gasteiger partial charge on any atom is 0.0395 e. The predicted molar refractivity (Wildman–Crippen MR) is 67.3 cm³/mol. The van der Waals surface area contributed by atoms with E-state index in [4.69, 9.17) is 5.73 Å². The number of nitrogens with two attached hydrogens (primary N) is 1. The molecule has 1 aromatic rings. The molecule has 0 aliphatic carbocycles. The van der Waals surface area contributed by atoms with E-state index in [0.29, 0.717) is 0 Å². The van der Waals surface area contributed by atoms with Gasteiger partial charge in [0.2, 0.25) is 0 Å². The molecule has 0 bridgehead atoms. The van der Waals surface area contributed by atoms with Crippen molar-refractivity contribution in [1.29, 1.82) is 0 Å². The van der Waals surface area contributed by atoms with Gasteiger partial charge in [0.15, 0.2) is 0 Å². The maximum atomic E-state index is 5.78. The second-order valence-electron chi connectivity index (χ2n) is 4.13. The van der Waals surface area contributed by atoms with Crippen molar-refractivity contribution in [2.75, 3.05) is 18.0 Å². The summed E-state index contributed by atoms with van der Waals surface area (Å²) in [6.07, 6.45) is 1.04. The zero-order chi connectivity index (χ0) is 11.3. The first-order valence-electron chi connectivity index (χ1n) is 5.71. The van der Waals surface area contributed by atoms with E-state index in [9.17, 15) is 0 Å². The molecule has 0 spiro atoms. The van der Waals surface area contributed by atoms with Gasteiger partial charge in [-0.05, 0) is 38.8 Å². The maximum absolute atomic E-state index is 5.78. The quantitative estimate of drug-likeness (QED) is 0.802. The lowest BCUT2D eigenvalue weighted by Gasteiger charge is -2.25. The minimum atomic E-state index is 0.281. The average Bonchev–Trinajstić information content (AvgIpc) is 2.21. The second kappa shape index (κ2) is 5.76. The number of anilines is 1. The van der Waals surface area contributed by atoms with Crippen molar-refractivity contribution < 1.29 is 0 Å². The molecule has 0 radical (unpaired) electrons. The second-order valence-corrected chi connectivity index (χ2v) is 4.13. The molecule has 0 saturated heterocycles. The molecule has 0 aliphatic heterocycles. The van der Waals surface area contributed by atoms with Crippen LogP contribution in [0, 0.1) is 6.92 Å². The van der Waals surface area contributed by atoms with Gasteiger partial charge in [0.05, 0.1) is 0 Å². The molecular weight excluding hydrogens is 184 g/mol. The number of nitrogens with zero attached hydrogens (tertiary/aromatic N) is 1. The van der Waals surface area contributed by atoms with E-state index in [0.717, 1.165) is 19.5 Å². The van der Waals surface area contributed by atoms with Gasteiger partial charge < -0.3 is 10.6 Å². The highest BCUT2D eigenvalue weighted by Crippen LogP contribution is 2.19. The van der Waals surface area contributed by atoms with Gasteiger partial charge in [-0.25, -0.2) is 0 Å². The molecule has 1 unspecified atom stereocenters. The molecule has 2 heteroatoms. The fraction of sp³-hybridized carbons (Fsp3) is 0.538. The standard InChI is InChI=1S/C13H22N2/c1-4-15(10-9-12(3)14)13-8-6-5-7-11(13)2/h5-8,12H,4,9-10,14H2,1-3H3. The van der Waals surface area contributed by atoms with Gasteiger partial charge in [-0.3, -0.25) is 0 Å². The Kier molecular flexibility index (Phi) is 4.63. The summed E-state index contributed by atoms with van der Waals surface area (Å²) in [4.78, 5) is 2.39. The van der Waals surface area contributed by atoms with Gasteiger partial charge in [-0.1, -0.05) is 18.2 Å². The predicted octanol–water partition coefficient (Wildman–Crippen LogP) is 2.56. The Morgan fingerprint density at radius 2 is 2.00 bits per heavy atom.